The Morgan fingerprint density at radius 3 is 1.93 bits per heavy atom. The molecule has 0 radical (unpaired) electrons. The number of hydrogen-bond donors (Lipinski definition) is 1. The van der Waals surface area contributed by atoms with Gasteiger partial charge in [0.2, 0.25) is 11.8 Å². The summed E-state index contributed by atoms with van der Waals surface area (Å²) in [5, 5.41) is 3.04. The molecule has 0 aliphatic carbocycles. The lowest BCUT2D eigenvalue weighted by molar-refractivity contribution is -0.140. The number of benzene rings is 4. The van der Waals surface area contributed by atoms with Gasteiger partial charge >= 0.3 is 0 Å². The first-order valence-electron chi connectivity index (χ1n) is 15.1. The highest BCUT2D eigenvalue weighted by molar-refractivity contribution is 9.10. The molecule has 0 saturated heterocycles. The van der Waals surface area contributed by atoms with E-state index in [1.807, 2.05) is 88.4 Å². The van der Waals surface area contributed by atoms with Gasteiger partial charge < -0.3 is 15.0 Å². The van der Waals surface area contributed by atoms with Crippen LogP contribution in [-0.4, -0.2) is 49.9 Å². The fourth-order valence-corrected chi connectivity index (χ4v) is 6.60. The van der Waals surface area contributed by atoms with Crippen LogP contribution in [-0.2, 0) is 32.6 Å². The number of hydrogen-bond acceptors (Lipinski definition) is 5. The SMILES string of the molecule is CCOc1ccc(N(CC(=O)N(Cc2ccccc2)C(Cc2ccccc2)C(=O)NC(C)(C)C)S(=O)(=O)c2ccc(Br)cc2)cc1. The van der Waals surface area contributed by atoms with Crippen molar-refractivity contribution in [2.45, 2.75) is 57.1 Å². The Bertz CT molecular complexity index is 1690. The maximum Gasteiger partial charge on any atom is 0.264 e. The third-order valence-corrected chi connectivity index (χ3v) is 9.40. The zero-order valence-electron chi connectivity index (χ0n) is 26.5. The summed E-state index contributed by atoms with van der Waals surface area (Å²) in [6.07, 6.45) is 0.240. The van der Waals surface area contributed by atoms with Crippen molar-refractivity contribution >= 4 is 43.5 Å². The predicted molar refractivity (Wildman–Crippen MR) is 185 cm³/mol. The fourth-order valence-electron chi connectivity index (χ4n) is 4.92. The Labute approximate surface area is 280 Å². The van der Waals surface area contributed by atoms with Crippen LogP contribution in [0.25, 0.3) is 0 Å². The molecule has 1 unspecified atom stereocenters. The van der Waals surface area contributed by atoms with E-state index in [0.29, 0.717) is 12.4 Å². The first-order valence-corrected chi connectivity index (χ1v) is 17.3. The van der Waals surface area contributed by atoms with Gasteiger partial charge in [-0.1, -0.05) is 76.6 Å². The van der Waals surface area contributed by atoms with Crippen LogP contribution in [0.1, 0.15) is 38.8 Å². The molecule has 0 aromatic heterocycles. The second-order valence-electron chi connectivity index (χ2n) is 11.8. The topological polar surface area (TPSA) is 96.0 Å². The molecule has 4 aromatic rings. The van der Waals surface area contributed by atoms with Gasteiger partial charge in [-0.3, -0.25) is 13.9 Å². The van der Waals surface area contributed by atoms with Crippen molar-refractivity contribution in [3.63, 3.8) is 0 Å². The van der Waals surface area contributed by atoms with Crippen molar-refractivity contribution in [2.24, 2.45) is 0 Å². The van der Waals surface area contributed by atoms with E-state index in [1.54, 1.807) is 36.4 Å². The molecular weight excluding hydrogens is 666 g/mol. The molecule has 0 saturated carbocycles. The van der Waals surface area contributed by atoms with Crippen LogP contribution in [0.2, 0.25) is 0 Å². The first-order chi connectivity index (χ1) is 21.9. The third-order valence-electron chi connectivity index (χ3n) is 7.08. The molecule has 1 atom stereocenters. The van der Waals surface area contributed by atoms with Crippen LogP contribution in [0.5, 0.6) is 5.75 Å². The Morgan fingerprint density at radius 2 is 1.39 bits per heavy atom. The predicted octanol–water partition coefficient (Wildman–Crippen LogP) is 6.60. The largest absolute Gasteiger partial charge is 0.494 e. The molecule has 4 rings (SSSR count). The Balaban J connectivity index is 1.80. The number of amides is 2. The van der Waals surface area contributed by atoms with Gasteiger partial charge in [-0.25, -0.2) is 8.42 Å². The maximum atomic E-state index is 14.5. The lowest BCUT2D eigenvalue weighted by Crippen LogP contribution is -2.56. The van der Waals surface area contributed by atoms with Gasteiger partial charge in [0.25, 0.3) is 10.0 Å². The summed E-state index contributed by atoms with van der Waals surface area (Å²) in [6.45, 7) is 7.52. The number of carbonyl (C=O) groups excluding carboxylic acids is 2. The fraction of sp³-hybridized carbons (Fsp3) is 0.278. The lowest BCUT2D eigenvalue weighted by Gasteiger charge is -2.35. The summed E-state index contributed by atoms with van der Waals surface area (Å²) in [5.74, 6) is -0.279. The number of anilines is 1. The second kappa shape index (κ2) is 15.4. The number of nitrogens with one attached hydrogen (secondary N) is 1. The second-order valence-corrected chi connectivity index (χ2v) is 14.6. The number of sulfonamides is 1. The van der Waals surface area contributed by atoms with Crippen molar-refractivity contribution in [3.05, 3.63) is 125 Å². The zero-order chi connectivity index (χ0) is 33.3. The van der Waals surface area contributed by atoms with Crippen molar-refractivity contribution in [1.82, 2.24) is 10.2 Å². The van der Waals surface area contributed by atoms with Crippen LogP contribution in [0, 0.1) is 0 Å². The summed E-state index contributed by atoms with van der Waals surface area (Å²) < 4.78 is 35.7. The lowest BCUT2D eigenvalue weighted by atomic mass is 10.0. The van der Waals surface area contributed by atoms with E-state index >= 15 is 0 Å². The summed E-state index contributed by atoms with van der Waals surface area (Å²) in [4.78, 5) is 30.0. The minimum Gasteiger partial charge on any atom is -0.494 e. The summed E-state index contributed by atoms with van der Waals surface area (Å²) in [6, 6.07) is 30.7. The summed E-state index contributed by atoms with van der Waals surface area (Å²) >= 11 is 3.36. The van der Waals surface area contributed by atoms with Crippen LogP contribution in [0.4, 0.5) is 5.69 Å². The Kier molecular flexibility index (Phi) is 11.6. The smallest absolute Gasteiger partial charge is 0.264 e. The van der Waals surface area contributed by atoms with Crippen molar-refractivity contribution < 1.29 is 22.7 Å². The molecule has 1 N–H and O–H groups in total. The maximum absolute atomic E-state index is 14.5. The molecule has 0 fully saturated rings. The molecule has 2 amide bonds. The average molecular weight is 707 g/mol. The van der Waals surface area contributed by atoms with Gasteiger partial charge in [0, 0.05) is 23.0 Å². The summed E-state index contributed by atoms with van der Waals surface area (Å²) in [5.41, 5.74) is 1.40. The number of rotatable bonds is 13. The molecule has 242 valence electrons. The zero-order valence-corrected chi connectivity index (χ0v) is 28.9. The van der Waals surface area contributed by atoms with Crippen LogP contribution in [0.3, 0.4) is 0 Å². The minimum atomic E-state index is -4.21. The van der Waals surface area contributed by atoms with E-state index in [2.05, 4.69) is 21.2 Å². The van der Waals surface area contributed by atoms with Gasteiger partial charge in [-0.05, 0) is 87.4 Å². The van der Waals surface area contributed by atoms with E-state index < -0.39 is 34.1 Å². The monoisotopic (exact) mass is 705 g/mol. The van der Waals surface area contributed by atoms with E-state index in [4.69, 9.17) is 4.74 Å². The standard InChI is InChI=1S/C36H40BrN3O5S/c1-5-45-31-20-18-30(19-21-31)40(46(43,44)32-22-16-29(37)17-23-32)26-34(41)39(25-28-14-10-7-11-15-28)33(35(42)38-36(2,3)4)24-27-12-8-6-9-13-27/h6-23,33H,5,24-26H2,1-4H3,(H,38,42). The van der Waals surface area contributed by atoms with E-state index in [1.165, 1.54) is 17.0 Å². The molecule has 0 aliphatic rings. The molecular formula is C36H40BrN3O5S. The number of nitrogens with zero attached hydrogens (tertiary/aromatic N) is 2. The quantitative estimate of drug-likeness (QED) is 0.169. The number of halogens is 1. The van der Waals surface area contributed by atoms with Gasteiger partial charge in [0.15, 0.2) is 0 Å². The Morgan fingerprint density at radius 1 is 0.826 bits per heavy atom. The molecule has 46 heavy (non-hydrogen) atoms. The minimum absolute atomic E-state index is 0.0262. The van der Waals surface area contributed by atoms with Crippen molar-refractivity contribution in [1.29, 1.82) is 0 Å². The van der Waals surface area contributed by atoms with Crippen LogP contribution >= 0.6 is 15.9 Å². The molecule has 0 bridgehead atoms. The van der Waals surface area contributed by atoms with Crippen molar-refractivity contribution in [3.8, 4) is 5.75 Å². The van der Waals surface area contributed by atoms with E-state index in [9.17, 15) is 18.0 Å². The van der Waals surface area contributed by atoms with Crippen LogP contribution < -0.4 is 14.4 Å². The normalized spacial score (nSPS) is 12.2. The van der Waals surface area contributed by atoms with Gasteiger partial charge in [-0.2, -0.15) is 0 Å². The number of ether oxygens (including phenoxy) is 1. The molecule has 8 nitrogen and oxygen atoms in total. The van der Waals surface area contributed by atoms with Crippen molar-refractivity contribution in [2.75, 3.05) is 17.5 Å². The molecule has 0 heterocycles. The third kappa shape index (κ3) is 9.43. The highest BCUT2D eigenvalue weighted by atomic mass is 79.9. The van der Waals surface area contributed by atoms with E-state index in [-0.39, 0.29) is 29.5 Å². The molecule has 4 aromatic carbocycles. The van der Waals surface area contributed by atoms with Crippen LogP contribution in [0.15, 0.2) is 119 Å². The highest BCUT2D eigenvalue weighted by Gasteiger charge is 2.35. The average Bonchev–Trinajstić information content (AvgIpc) is 3.02. The van der Waals surface area contributed by atoms with E-state index in [0.717, 1.165) is 19.9 Å². The molecule has 0 aliphatic heterocycles. The highest BCUT2D eigenvalue weighted by Crippen LogP contribution is 2.28. The first kappa shape index (κ1) is 34.7. The van der Waals surface area contributed by atoms with Gasteiger partial charge in [0.05, 0.1) is 17.2 Å². The summed E-state index contributed by atoms with van der Waals surface area (Å²) in [7, 11) is -4.21. The Hall–Kier alpha value is -4.15. The molecule has 0 spiro atoms. The molecule has 10 heteroatoms. The van der Waals surface area contributed by atoms with Gasteiger partial charge in [-0.15, -0.1) is 0 Å². The van der Waals surface area contributed by atoms with Gasteiger partial charge in [0.1, 0.15) is 18.3 Å². The number of carbonyl (C=O) groups is 2.